The number of hydrogen-bond donors (Lipinski definition) is 0. The first-order valence-electron chi connectivity index (χ1n) is 5.53. The minimum absolute atomic E-state index is 0.581. The Kier molecular flexibility index (Phi) is 1.99. The lowest BCUT2D eigenvalue weighted by Gasteiger charge is -2.38. The highest BCUT2D eigenvalue weighted by atomic mass is 15.4. The molecule has 0 spiro atoms. The molecule has 0 amide bonds. The molecule has 3 nitrogen and oxygen atoms in total. The Morgan fingerprint density at radius 3 is 2.87 bits per heavy atom. The summed E-state index contributed by atoms with van der Waals surface area (Å²) in [6, 6.07) is 8.88. The Morgan fingerprint density at radius 1 is 1.33 bits per heavy atom. The molecule has 1 aromatic carbocycles. The van der Waals surface area contributed by atoms with Crippen molar-refractivity contribution in [3.8, 4) is 0 Å². The Labute approximate surface area is 89.3 Å². The van der Waals surface area contributed by atoms with Crippen molar-refractivity contribution in [1.29, 1.82) is 0 Å². The predicted octanol–water partition coefficient (Wildman–Crippen LogP) is 1.91. The van der Waals surface area contributed by atoms with Gasteiger partial charge in [-0.2, -0.15) is 5.10 Å². The fraction of sp³-hybridized carbons (Fsp3) is 0.417. The summed E-state index contributed by atoms with van der Waals surface area (Å²) in [7, 11) is 0. The van der Waals surface area contributed by atoms with Gasteiger partial charge in [0, 0.05) is 24.7 Å². The van der Waals surface area contributed by atoms with E-state index in [0.717, 1.165) is 25.2 Å². The number of nitrogens with zero attached hydrogens (tertiary/aromatic N) is 3. The molecular formula is C12H15N3. The average molecular weight is 201 g/mol. The van der Waals surface area contributed by atoms with Gasteiger partial charge in [0.15, 0.2) is 0 Å². The molecule has 0 radical (unpaired) electrons. The van der Waals surface area contributed by atoms with E-state index in [0.29, 0.717) is 6.04 Å². The number of rotatable bonds is 2. The highest BCUT2D eigenvalue weighted by Crippen LogP contribution is 2.22. The summed E-state index contributed by atoms with van der Waals surface area (Å²) >= 11 is 0. The third-order valence-corrected chi connectivity index (χ3v) is 3.19. The molecule has 1 saturated heterocycles. The van der Waals surface area contributed by atoms with Gasteiger partial charge in [-0.05, 0) is 12.6 Å². The van der Waals surface area contributed by atoms with Crippen molar-refractivity contribution in [2.75, 3.05) is 19.6 Å². The van der Waals surface area contributed by atoms with Crippen molar-refractivity contribution < 1.29 is 0 Å². The van der Waals surface area contributed by atoms with E-state index in [4.69, 9.17) is 0 Å². The van der Waals surface area contributed by atoms with Gasteiger partial charge >= 0.3 is 0 Å². The zero-order chi connectivity index (χ0) is 10.3. The minimum Gasteiger partial charge on any atom is -0.299 e. The Morgan fingerprint density at radius 2 is 2.13 bits per heavy atom. The van der Waals surface area contributed by atoms with Crippen LogP contribution in [0.5, 0.6) is 0 Å². The average Bonchev–Trinajstić information content (AvgIpc) is 2.59. The standard InChI is InChI=1S/C12H15N3/c1-2-14-8-11(9-14)15-7-10-5-3-4-6-12(10)13-15/h3-7,11H,2,8-9H2,1H3. The molecule has 0 atom stereocenters. The molecular weight excluding hydrogens is 186 g/mol. The quantitative estimate of drug-likeness (QED) is 0.740. The molecule has 2 heterocycles. The molecule has 0 aliphatic carbocycles. The second kappa shape index (κ2) is 3.35. The monoisotopic (exact) mass is 201 g/mol. The van der Waals surface area contributed by atoms with E-state index in [9.17, 15) is 0 Å². The number of aromatic nitrogens is 2. The smallest absolute Gasteiger partial charge is 0.0923 e. The zero-order valence-electron chi connectivity index (χ0n) is 8.93. The van der Waals surface area contributed by atoms with Crippen LogP contribution in [0.1, 0.15) is 13.0 Å². The maximum atomic E-state index is 4.59. The topological polar surface area (TPSA) is 21.1 Å². The largest absolute Gasteiger partial charge is 0.299 e. The lowest BCUT2D eigenvalue weighted by Crippen LogP contribution is -2.47. The molecule has 3 heteroatoms. The van der Waals surface area contributed by atoms with E-state index < -0.39 is 0 Å². The van der Waals surface area contributed by atoms with Gasteiger partial charge in [-0.15, -0.1) is 0 Å². The van der Waals surface area contributed by atoms with E-state index in [1.807, 2.05) is 6.07 Å². The fourth-order valence-corrected chi connectivity index (χ4v) is 2.14. The summed E-state index contributed by atoms with van der Waals surface area (Å²) in [4.78, 5) is 2.43. The number of hydrogen-bond acceptors (Lipinski definition) is 2. The third kappa shape index (κ3) is 1.43. The Bertz CT molecular complexity index is 435. The molecule has 0 N–H and O–H groups in total. The van der Waals surface area contributed by atoms with Gasteiger partial charge < -0.3 is 0 Å². The van der Waals surface area contributed by atoms with Crippen LogP contribution in [0.15, 0.2) is 30.5 Å². The molecule has 1 aliphatic rings. The fourth-order valence-electron chi connectivity index (χ4n) is 2.14. The molecule has 15 heavy (non-hydrogen) atoms. The van der Waals surface area contributed by atoms with Gasteiger partial charge in [0.1, 0.15) is 0 Å². The molecule has 3 rings (SSSR count). The highest BCUT2D eigenvalue weighted by Gasteiger charge is 2.27. The van der Waals surface area contributed by atoms with E-state index in [-0.39, 0.29) is 0 Å². The Balaban J connectivity index is 1.87. The van der Waals surface area contributed by atoms with E-state index in [1.165, 1.54) is 5.39 Å². The maximum Gasteiger partial charge on any atom is 0.0923 e. The number of benzene rings is 1. The molecule has 2 aromatic rings. The van der Waals surface area contributed by atoms with Crippen LogP contribution >= 0.6 is 0 Å². The van der Waals surface area contributed by atoms with Gasteiger partial charge in [-0.3, -0.25) is 9.58 Å². The van der Waals surface area contributed by atoms with Crippen molar-refractivity contribution in [2.24, 2.45) is 0 Å². The maximum absolute atomic E-state index is 4.59. The zero-order valence-corrected chi connectivity index (χ0v) is 8.93. The molecule has 1 aromatic heterocycles. The van der Waals surface area contributed by atoms with Crippen LogP contribution in [0.25, 0.3) is 10.9 Å². The van der Waals surface area contributed by atoms with Crippen molar-refractivity contribution in [2.45, 2.75) is 13.0 Å². The van der Waals surface area contributed by atoms with Crippen molar-refractivity contribution in [3.05, 3.63) is 30.5 Å². The molecule has 78 valence electrons. The van der Waals surface area contributed by atoms with Crippen molar-refractivity contribution >= 4 is 10.9 Å². The minimum atomic E-state index is 0.581. The summed E-state index contributed by atoms with van der Waals surface area (Å²) in [5, 5.41) is 5.84. The SMILES string of the molecule is CCN1CC(n2cc3ccccc3n2)C1. The van der Waals surface area contributed by atoms with Crippen LogP contribution in [-0.2, 0) is 0 Å². The predicted molar refractivity (Wildman–Crippen MR) is 60.9 cm³/mol. The summed E-state index contributed by atoms with van der Waals surface area (Å²) in [6.07, 6.45) is 2.16. The van der Waals surface area contributed by atoms with Gasteiger partial charge in [0.2, 0.25) is 0 Å². The molecule has 0 unspecified atom stereocenters. The number of fused-ring (bicyclic) bond motifs is 1. The van der Waals surface area contributed by atoms with Crippen LogP contribution in [0.2, 0.25) is 0 Å². The summed E-state index contributed by atoms with van der Waals surface area (Å²) in [5.74, 6) is 0. The lowest BCUT2D eigenvalue weighted by molar-refractivity contribution is 0.106. The van der Waals surface area contributed by atoms with Crippen LogP contribution in [0.4, 0.5) is 0 Å². The van der Waals surface area contributed by atoms with E-state index in [2.05, 4.69) is 46.0 Å². The van der Waals surface area contributed by atoms with Gasteiger partial charge in [0.25, 0.3) is 0 Å². The van der Waals surface area contributed by atoms with Crippen molar-refractivity contribution in [3.63, 3.8) is 0 Å². The molecule has 1 fully saturated rings. The van der Waals surface area contributed by atoms with Gasteiger partial charge in [0.05, 0.1) is 11.6 Å². The second-order valence-corrected chi connectivity index (χ2v) is 4.17. The second-order valence-electron chi connectivity index (χ2n) is 4.17. The van der Waals surface area contributed by atoms with Crippen molar-refractivity contribution in [1.82, 2.24) is 14.7 Å². The first-order valence-corrected chi connectivity index (χ1v) is 5.53. The van der Waals surface area contributed by atoms with Crippen LogP contribution in [-0.4, -0.2) is 34.3 Å². The van der Waals surface area contributed by atoms with Gasteiger partial charge in [-0.25, -0.2) is 0 Å². The lowest BCUT2D eigenvalue weighted by atomic mass is 10.1. The third-order valence-electron chi connectivity index (χ3n) is 3.19. The highest BCUT2D eigenvalue weighted by molar-refractivity contribution is 5.77. The van der Waals surface area contributed by atoms with Crippen LogP contribution in [0.3, 0.4) is 0 Å². The first kappa shape index (κ1) is 8.92. The summed E-state index contributed by atoms with van der Waals surface area (Å²) < 4.78 is 2.12. The summed E-state index contributed by atoms with van der Waals surface area (Å²) in [5.41, 5.74) is 1.10. The molecule has 0 saturated carbocycles. The van der Waals surface area contributed by atoms with Crippen LogP contribution in [0, 0.1) is 0 Å². The van der Waals surface area contributed by atoms with E-state index in [1.54, 1.807) is 0 Å². The van der Waals surface area contributed by atoms with Gasteiger partial charge in [-0.1, -0.05) is 25.1 Å². The first-order chi connectivity index (χ1) is 7.36. The molecule has 1 aliphatic heterocycles. The van der Waals surface area contributed by atoms with Crippen LogP contribution < -0.4 is 0 Å². The number of likely N-dealkylation sites (N-methyl/N-ethyl adjacent to an activating group) is 1. The summed E-state index contributed by atoms with van der Waals surface area (Å²) in [6.45, 7) is 5.64. The van der Waals surface area contributed by atoms with E-state index >= 15 is 0 Å². The molecule has 0 bridgehead atoms. The number of likely N-dealkylation sites (tertiary alicyclic amines) is 1. The Hall–Kier alpha value is -1.35. The normalized spacial score (nSPS) is 18.2.